The maximum absolute atomic E-state index is 12.2. The smallest absolute Gasteiger partial charge is 0.227 e. The molecule has 0 saturated heterocycles. The zero-order chi connectivity index (χ0) is 20.1. The van der Waals surface area contributed by atoms with Crippen LogP contribution in [0.2, 0.25) is 10.0 Å². The third-order valence-electron chi connectivity index (χ3n) is 3.90. The molecule has 0 saturated carbocycles. The van der Waals surface area contributed by atoms with E-state index in [0.29, 0.717) is 44.5 Å². The highest BCUT2D eigenvalue weighted by molar-refractivity contribution is 6.39. The van der Waals surface area contributed by atoms with Crippen LogP contribution in [-0.2, 0) is 11.2 Å². The summed E-state index contributed by atoms with van der Waals surface area (Å²) in [5, 5.41) is 7.38. The number of amides is 1. The van der Waals surface area contributed by atoms with E-state index in [2.05, 4.69) is 15.5 Å². The van der Waals surface area contributed by atoms with Gasteiger partial charge in [-0.05, 0) is 30.3 Å². The number of halogens is 2. The van der Waals surface area contributed by atoms with Gasteiger partial charge in [0, 0.05) is 18.4 Å². The highest BCUT2D eigenvalue weighted by Crippen LogP contribution is 2.31. The summed E-state index contributed by atoms with van der Waals surface area (Å²) in [6, 6.07) is 10.3. The Morgan fingerprint density at radius 1 is 1.11 bits per heavy atom. The molecule has 0 fully saturated rings. The van der Waals surface area contributed by atoms with E-state index < -0.39 is 0 Å². The molecular formula is C19H17Cl2N3O4. The first-order chi connectivity index (χ1) is 13.5. The minimum absolute atomic E-state index is 0.134. The Balaban J connectivity index is 1.64. The van der Waals surface area contributed by atoms with Crippen LogP contribution in [0.3, 0.4) is 0 Å². The van der Waals surface area contributed by atoms with E-state index in [4.69, 9.17) is 37.2 Å². The molecule has 0 bridgehead atoms. The topological polar surface area (TPSA) is 86.5 Å². The lowest BCUT2D eigenvalue weighted by Gasteiger charge is -2.08. The summed E-state index contributed by atoms with van der Waals surface area (Å²) >= 11 is 12.1. The summed E-state index contributed by atoms with van der Waals surface area (Å²) in [4.78, 5) is 16.5. The maximum Gasteiger partial charge on any atom is 0.227 e. The Labute approximate surface area is 171 Å². The van der Waals surface area contributed by atoms with Crippen molar-refractivity contribution in [3.05, 3.63) is 52.3 Å². The van der Waals surface area contributed by atoms with E-state index in [1.54, 1.807) is 50.6 Å². The molecule has 3 rings (SSSR count). The number of para-hydroxylation sites is 1. The molecule has 3 aromatic rings. The van der Waals surface area contributed by atoms with E-state index >= 15 is 0 Å². The fourth-order valence-electron chi connectivity index (χ4n) is 2.49. The van der Waals surface area contributed by atoms with Gasteiger partial charge >= 0.3 is 0 Å². The van der Waals surface area contributed by atoms with Crippen LogP contribution in [0.4, 0.5) is 5.69 Å². The van der Waals surface area contributed by atoms with Crippen LogP contribution in [0.15, 0.2) is 40.9 Å². The Hall–Kier alpha value is -2.77. The monoisotopic (exact) mass is 421 g/mol. The first-order valence-corrected chi connectivity index (χ1v) is 9.06. The Morgan fingerprint density at radius 2 is 1.82 bits per heavy atom. The summed E-state index contributed by atoms with van der Waals surface area (Å²) in [6.45, 7) is 0. The van der Waals surface area contributed by atoms with Crippen LogP contribution in [0, 0.1) is 0 Å². The van der Waals surface area contributed by atoms with Crippen LogP contribution in [-0.4, -0.2) is 30.3 Å². The number of benzene rings is 2. The fourth-order valence-corrected chi connectivity index (χ4v) is 2.98. The molecule has 1 amide bonds. The Bertz CT molecular complexity index is 971. The Morgan fingerprint density at radius 3 is 2.50 bits per heavy atom. The van der Waals surface area contributed by atoms with Gasteiger partial charge in [-0.2, -0.15) is 4.98 Å². The number of ether oxygens (including phenoxy) is 2. The van der Waals surface area contributed by atoms with Crippen molar-refractivity contribution in [1.29, 1.82) is 0 Å². The lowest BCUT2D eigenvalue weighted by Crippen LogP contribution is -2.13. The largest absolute Gasteiger partial charge is 0.493 e. The van der Waals surface area contributed by atoms with Crippen molar-refractivity contribution in [2.45, 2.75) is 12.8 Å². The van der Waals surface area contributed by atoms with Gasteiger partial charge in [-0.25, -0.2) is 0 Å². The second-order valence-corrected chi connectivity index (χ2v) is 6.54. The summed E-state index contributed by atoms with van der Waals surface area (Å²) in [5.41, 5.74) is 1.09. The second-order valence-electron chi connectivity index (χ2n) is 5.73. The van der Waals surface area contributed by atoms with Crippen molar-refractivity contribution in [2.24, 2.45) is 0 Å². The number of hydrogen-bond acceptors (Lipinski definition) is 6. The van der Waals surface area contributed by atoms with Gasteiger partial charge in [-0.3, -0.25) is 4.79 Å². The summed E-state index contributed by atoms with van der Waals surface area (Å²) in [5.74, 6) is 1.63. The molecule has 1 N–H and O–H groups in total. The van der Waals surface area contributed by atoms with Crippen molar-refractivity contribution >= 4 is 34.8 Å². The van der Waals surface area contributed by atoms with Gasteiger partial charge in [0.2, 0.25) is 17.6 Å². The number of carbonyl (C=O) groups excluding carboxylic acids is 1. The van der Waals surface area contributed by atoms with E-state index in [1.807, 2.05) is 0 Å². The molecule has 0 unspecified atom stereocenters. The average molecular weight is 422 g/mol. The molecule has 146 valence electrons. The summed E-state index contributed by atoms with van der Waals surface area (Å²) in [6.07, 6.45) is 0.406. The maximum atomic E-state index is 12.2. The highest BCUT2D eigenvalue weighted by atomic mass is 35.5. The molecule has 0 radical (unpaired) electrons. The first-order valence-electron chi connectivity index (χ1n) is 8.30. The molecule has 1 heterocycles. The lowest BCUT2D eigenvalue weighted by molar-refractivity contribution is -0.116. The molecule has 28 heavy (non-hydrogen) atoms. The van der Waals surface area contributed by atoms with Crippen molar-refractivity contribution in [3.8, 4) is 22.9 Å². The molecule has 0 aliphatic rings. The quantitative estimate of drug-likeness (QED) is 0.598. The number of methoxy groups -OCH3 is 2. The van der Waals surface area contributed by atoms with Crippen LogP contribution in [0.1, 0.15) is 12.3 Å². The Kier molecular flexibility index (Phi) is 6.38. The average Bonchev–Trinajstić information content (AvgIpc) is 3.18. The van der Waals surface area contributed by atoms with Crippen LogP contribution in [0.25, 0.3) is 11.4 Å². The molecule has 0 aliphatic heterocycles. The fraction of sp³-hybridized carbons (Fsp3) is 0.211. The number of carbonyl (C=O) groups is 1. The van der Waals surface area contributed by atoms with Gasteiger partial charge in [-0.15, -0.1) is 0 Å². The van der Waals surface area contributed by atoms with E-state index in [1.165, 1.54) is 0 Å². The predicted molar refractivity (Wildman–Crippen MR) is 106 cm³/mol. The number of nitrogens with one attached hydrogen (secondary N) is 1. The lowest BCUT2D eigenvalue weighted by atomic mass is 10.2. The molecule has 0 atom stereocenters. The van der Waals surface area contributed by atoms with Gasteiger partial charge in [0.05, 0.1) is 30.0 Å². The number of nitrogens with zero attached hydrogens (tertiary/aromatic N) is 2. The molecule has 0 spiro atoms. The van der Waals surface area contributed by atoms with Crippen molar-refractivity contribution in [2.75, 3.05) is 19.5 Å². The minimum Gasteiger partial charge on any atom is -0.493 e. The van der Waals surface area contributed by atoms with Crippen LogP contribution in [0.5, 0.6) is 11.5 Å². The number of rotatable bonds is 7. The summed E-state index contributed by atoms with van der Waals surface area (Å²) in [7, 11) is 3.11. The van der Waals surface area contributed by atoms with Gasteiger partial charge in [0.1, 0.15) is 0 Å². The molecule has 0 aliphatic carbocycles. The normalized spacial score (nSPS) is 10.6. The number of aryl methyl sites for hydroxylation is 1. The third kappa shape index (κ3) is 4.55. The van der Waals surface area contributed by atoms with Crippen molar-refractivity contribution in [3.63, 3.8) is 0 Å². The van der Waals surface area contributed by atoms with Gasteiger partial charge < -0.3 is 19.3 Å². The molecule has 1 aromatic heterocycles. The third-order valence-corrected chi connectivity index (χ3v) is 4.53. The van der Waals surface area contributed by atoms with Gasteiger partial charge in [0.15, 0.2) is 11.5 Å². The van der Waals surface area contributed by atoms with E-state index in [-0.39, 0.29) is 18.7 Å². The standard InChI is InChI=1S/C19H17Cl2N3O4/c1-26-14-7-6-11(10-15(14)27-2)19-23-17(28-24-19)9-8-16(25)22-18-12(20)4-3-5-13(18)21/h3-7,10H,8-9H2,1-2H3,(H,22,25). The molecule has 9 heteroatoms. The van der Waals surface area contributed by atoms with Crippen LogP contribution < -0.4 is 14.8 Å². The summed E-state index contributed by atoms with van der Waals surface area (Å²) < 4.78 is 15.7. The van der Waals surface area contributed by atoms with E-state index in [0.717, 1.165) is 0 Å². The zero-order valence-corrected chi connectivity index (χ0v) is 16.7. The van der Waals surface area contributed by atoms with E-state index in [9.17, 15) is 4.79 Å². The van der Waals surface area contributed by atoms with Crippen molar-refractivity contribution in [1.82, 2.24) is 10.1 Å². The van der Waals surface area contributed by atoms with Gasteiger partial charge in [-0.1, -0.05) is 34.4 Å². The van der Waals surface area contributed by atoms with Crippen molar-refractivity contribution < 1.29 is 18.8 Å². The molecule has 2 aromatic carbocycles. The SMILES string of the molecule is COc1ccc(-c2noc(CCC(=O)Nc3c(Cl)cccc3Cl)n2)cc1OC. The minimum atomic E-state index is -0.263. The molecular weight excluding hydrogens is 405 g/mol. The van der Waals surface area contributed by atoms with Gasteiger partial charge in [0.25, 0.3) is 0 Å². The number of hydrogen-bond donors (Lipinski definition) is 1. The number of anilines is 1. The molecule has 7 nitrogen and oxygen atoms in total. The first kappa shape index (κ1) is 20.0. The zero-order valence-electron chi connectivity index (χ0n) is 15.2. The highest BCUT2D eigenvalue weighted by Gasteiger charge is 2.14. The number of aromatic nitrogens is 2. The predicted octanol–water partition coefficient (Wildman–Crippen LogP) is 4.63. The van der Waals surface area contributed by atoms with Crippen LogP contribution >= 0.6 is 23.2 Å². The second kappa shape index (κ2) is 8.95.